The molecule has 4 N–H and O–H groups in total. The number of halogens is 1. The molecule has 3 rings (SSSR count). The van der Waals surface area contributed by atoms with Gasteiger partial charge >= 0.3 is 0 Å². The summed E-state index contributed by atoms with van der Waals surface area (Å²) >= 11 is 1.39. The zero-order chi connectivity index (χ0) is 18.4. The zero-order valence-corrected chi connectivity index (χ0v) is 14.9. The molecular weight excluding hydrogens is 351 g/mol. The van der Waals surface area contributed by atoms with Crippen LogP contribution in [0.1, 0.15) is 12.0 Å². The van der Waals surface area contributed by atoms with Crippen LogP contribution in [-0.2, 0) is 11.3 Å². The van der Waals surface area contributed by atoms with Gasteiger partial charge in [-0.1, -0.05) is 24.3 Å². The topological polar surface area (TPSA) is 80.0 Å². The number of hydrogen-bond acceptors (Lipinski definition) is 5. The van der Waals surface area contributed by atoms with E-state index in [4.69, 9.17) is 5.73 Å². The normalized spacial score (nSPS) is 10.7. The molecule has 1 aromatic heterocycles. The molecule has 0 bridgehead atoms. The molecule has 0 saturated heterocycles. The Labute approximate surface area is 155 Å². The average molecular weight is 370 g/mol. The fraction of sp³-hybridized carbons (Fsp3) is 0.158. The Morgan fingerprint density at radius 3 is 2.69 bits per heavy atom. The molecule has 3 aromatic rings. The molecule has 2 aromatic carbocycles. The first-order chi connectivity index (χ1) is 12.6. The molecule has 5 nitrogen and oxygen atoms in total. The Balaban J connectivity index is 1.43. The lowest BCUT2D eigenvalue weighted by Gasteiger charge is -2.07. The largest absolute Gasteiger partial charge is 0.375 e. The van der Waals surface area contributed by atoms with E-state index in [9.17, 15) is 9.18 Å². The van der Waals surface area contributed by atoms with E-state index < -0.39 is 0 Å². The summed E-state index contributed by atoms with van der Waals surface area (Å²) in [4.78, 5) is 16.2. The summed E-state index contributed by atoms with van der Waals surface area (Å²) in [7, 11) is 0. The Kier molecular flexibility index (Phi) is 5.93. The summed E-state index contributed by atoms with van der Waals surface area (Å²) in [5.74, 6) is -0.340. The molecule has 0 fully saturated rings. The van der Waals surface area contributed by atoms with Gasteiger partial charge in [-0.2, -0.15) is 0 Å². The lowest BCUT2D eigenvalue weighted by Crippen LogP contribution is -2.21. The zero-order valence-electron chi connectivity index (χ0n) is 14.0. The molecule has 0 unspecified atom stereocenters. The Morgan fingerprint density at radius 1 is 1.19 bits per heavy atom. The summed E-state index contributed by atoms with van der Waals surface area (Å²) < 4.78 is 13.1. The van der Waals surface area contributed by atoms with Gasteiger partial charge in [-0.15, -0.1) is 11.3 Å². The van der Waals surface area contributed by atoms with Gasteiger partial charge in [0.15, 0.2) is 5.13 Å². The lowest BCUT2D eigenvalue weighted by atomic mass is 10.1. The lowest BCUT2D eigenvalue weighted by molar-refractivity contribution is -0.116. The molecule has 7 heteroatoms. The van der Waals surface area contributed by atoms with Crippen molar-refractivity contribution in [3.63, 3.8) is 0 Å². The van der Waals surface area contributed by atoms with E-state index in [2.05, 4.69) is 15.6 Å². The number of amides is 1. The fourth-order valence-electron chi connectivity index (χ4n) is 2.45. The second-order valence-corrected chi connectivity index (χ2v) is 6.64. The van der Waals surface area contributed by atoms with Crippen molar-refractivity contribution in [2.45, 2.75) is 13.0 Å². The first-order valence-corrected chi connectivity index (χ1v) is 9.04. The maximum absolute atomic E-state index is 13.1. The number of carbonyl (C=O) groups excluding carboxylic acids is 1. The number of thiazole rings is 1. The number of hydrogen-bond donors (Lipinski definition) is 3. The smallest absolute Gasteiger partial charge is 0.225 e. The second kappa shape index (κ2) is 8.55. The van der Waals surface area contributed by atoms with Crippen molar-refractivity contribution in [1.29, 1.82) is 0 Å². The van der Waals surface area contributed by atoms with Crippen LogP contribution in [0.5, 0.6) is 0 Å². The quantitative estimate of drug-likeness (QED) is 0.555. The van der Waals surface area contributed by atoms with E-state index in [0.717, 1.165) is 22.5 Å². The number of nitrogens with two attached hydrogens (primary N) is 1. The van der Waals surface area contributed by atoms with E-state index in [-0.39, 0.29) is 11.7 Å². The first-order valence-electron chi connectivity index (χ1n) is 8.16. The molecule has 0 aliphatic rings. The number of anilines is 2. The van der Waals surface area contributed by atoms with Crippen LogP contribution < -0.4 is 16.4 Å². The van der Waals surface area contributed by atoms with Gasteiger partial charge in [0, 0.05) is 36.1 Å². The van der Waals surface area contributed by atoms with Crippen LogP contribution in [0, 0.1) is 5.82 Å². The number of rotatable bonds is 7. The number of nitrogen functional groups attached to an aromatic ring is 1. The molecule has 0 spiro atoms. The Bertz CT molecular complexity index is 879. The molecule has 0 atom stereocenters. The SMILES string of the molecule is Nc1nc(-c2ccc(NC(=O)CCNCc3cccc(F)c3)cc2)cs1. The Morgan fingerprint density at radius 2 is 2.00 bits per heavy atom. The van der Waals surface area contributed by atoms with Gasteiger partial charge in [-0.3, -0.25) is 4.79 Å². The van der Waals surface area contributed by atoms with Gasteiger partial charge in [0.25, 0.3) is 0 Å². The summed E-state index contributed by atoms with van der Waals surface area (Å²) in [6, 6.07) is 13.9. The third kappa shape index (κ3) is 5.11. The van der Waals surface area contributed by atoms with Crippen LogP contribution >= 0.6 is 11.3 Å². The third-order valence-corrected chi connectivity index (χ3v) is 4.41. The molecule has 134 valence electrons. The molecule has 1 heterocycles. The van der Waals surface area contributed by atoms with Crippen LogP contribution in [0.4, 0.5) is 15.2 Å². The van der Waals surface area contributed by atoms with Crippen molar-refractivity contribution in [2.24, 2.45) is 0 Å². The second-order valence-electron chi connectivity index (χ2n) is 5.75. The van der Waals surface area contributed by atoms with Gasteiger partial charge in [-0.25, -0.2) is 9.37 Å². The maximum atomic E-state index is 13.1. The van der Waals surface area contributed by atoms with Crippen LogP contribution in [0.15, 0.2) is 53.9 Å². The van der Waals surface area contributed by atoms with Crippen molar-refractivity contribution in [2.75, 3.05) is 17.6 Å². The molecule has 26 heavy (non-hydrogen) atoms. The maximum Gasteiger partial charge on any atom is 0.225 e. The first kappa shape index (κ1) is 18.0. The minimum atomic E-state index is -0.258. The van der Waals surface area contributed by atoms with Gasteiger partial charge in [0.1, 0.15) is 5.82 Å². The van der Waals surface area contributed by atoms with Crippen LogP contribution in [0.3, 0.4) is 0 Å². The predicted octanol–water partition coefficient (Wildman–Crippen LogP) is 3.65. The highest BCUT2D eigenvalue weighted by molar-refractivity contribution is 7.13. The minimum absolute atomic E-state index is 0.0811. The van der Waals surface area contributed by atoms with E-state index in [1.165, 1.54) is 23.5 Å². The molecule has 0 saturated carbocycles. The summed E-state index contributed by atoms with van der Waals surface area (Å²) in [5.41, 5.74) is 9.00. The van der Waals surface area contributed by atoms with Gasteiger partial charge < -0.3 is 16.4 Å². The molecule has 0 aliphatic carbocycles. The molecule has 0 aliphatic heterocycles. The van der Waals surface area contributed by atoms with Crippen LogP contribution in [0.2, 0.25) is 0 Å². The highest BCUT2D eigenvalue weighted by Crippen LogP contribution is 2.24. The Hall–Kier alpha value is -2.77. The van der Waals surface area contributed by atoms with Gasteiger partial charge in [-0.05, 0) is 29.8 Å². The highest BCUT2D eigenvalue weighted by Gasteiger charge is 2.05. The highest BCUT2D eigenvalue weighted by atomic mass is 32.1. The summed E-state index contributed by atoms with van der Waals surface area (Å²) in [5, 5.41) is 8.41. The van der Waals surface area contributed by atoms with Crippen molar-refractivity contribution < 1.29 is 9.18 Å². The fourth-order valence-corrected chi connectivity index (χ4v) is 3.02. The molecule has 1 amide bonds. The van der Waals surface area contributed by atoms with Gasteiger partial charge in [0.2, 0.25) is 5.91 Å². The summed E-state index contributed by atoms with van der Waals surface area (Å²) in [6.07, 6.45) is 0.333. The third-order valence-electron chi connectivity index (χ3n) is 3.73. The molecular formula is C19H19FN4OS. The molecule has 0 radical (unpaired) electrons. The number of aromatic nitrogens is 1. The van der Waals surface area contributed by atoms with E-state index in [1.54, 1.807) is 6.07 Å². The monoisotopic (exact) mass is 370 g/mol. The number of carbonyl (C=O) groups is 1. The van der Waals surface area contributed by atoms with Crippen molar-refractivity contribution in [3.8, 4) is 11.3 Å². The van der Waals surface area contributed by atoms with Crippen LogP contribution in [0.25, 0.3) is 11.3 Å². The van der Waals surface area contributed by atoms with E-state index >= 15 is 0 Å². The minimum Gasteiger partial charge on any atom is -0.375 e. The standard InChI is InChI=1S/C19H19FN4OS/c20-15-3-1-2-13(10-15)11-22-9-8-18(25)23-16-6-4-14(5-7-16)17-12-26-19(21)24-17/h1-7,10,12,22H,8-9,11H2,(H2,21,24)(H,23,25). The number of benzene rings is 2. The predicted molar refractivity (Wildman–Crippen MR) is 103 cm³/mol. The number of nitrogens with zero attached hydrogens (tertiary/aromatic N) is 1. The average Bonchev–Trinajstić information content (AvgIpc) is 3.06. The van der Waals surface area contributed by atoms with Crippen molar-refractivity contribution in [1.82, 2.24) is 10.3 Å². The van der Waals surface area contributed by atoms with E-state index in [1.807, 2.05) is 35.7 Å². The van der Waals surface area contributed by atoms with Crippen LogP contribution in [-0.4, -0.2) is 17.4 Å². The van der Waals surface area contributed by atoms with Crippen molar-refractivity contribution >= 4 is 28.1 Å². The van der Waals surface area contributed by atoms with Crippen molar-refractivity contribution in [3.05, 3.63) is 65.3 Å². The van der Waals surface area contributed by atoms with E-state index in [0.29, 0.717) is 24.6 Å². The van der Waals surface area contributed by atoms with Gasteiger partial charge in [0.05, 0.1) is 5.69 Å². The summed E-state index contributed by atoms with van der Waals surface area (Å²) in [6.45, 7) is 1.04. The number of nitrogens with one attached hydrogen (secondary N) is 2.